The summed E-state index contributed by atoms with van der Waals surface area (Å²) in [5, 5.41) is 3.54. The van der Waals surface area contributed by atoms with Gasteiger partial charge in [0.05, 0.1) is 0 Å². The van der Waals surface area contributed by atoms with Gasteiger partial charge in [0.15, 0.2) is 0 Å². The lowest BCUT2D eigenvalue weighted by Crippen LogP contribution is -2.30. The first kappa shape index (κ1) is 13.8. The summed E-state index contributed by atoms with van der Waals surface area (Å²) in [6, 6.07) is 17.8. The molecule has 0 amide bonds. The summed E-state index contributed by atoms with van der Waals surface area (Å²) in [4.78, 5) is 0. The van der Waals surface area contributed by atoms with E-state index in [1.165, 1.54) is 11.6 Å². The Balaban J connectivity index is 1.92. The second kappa shape index (κ2) is 6.48. The van der Waals surface area contributed by atoms with E-state index in [-0.39, 0.29) is 5.82 Å². The molecule has 0 fully saturated rings. The van der Waals surface area contributed by atoms with Crippen LogP contribution >= 0.6 is 0 Å². The molecule has 0 spiro atoms. The van der Waals surface area contributed by atoms with Crippen molar-refractivity contribution >= 4 is 0 Å². The van der Waals surface area contributed by atoms with Gasteiger partial charge in [0.25, 0.3) is 0 Å². The van der Waals surface area contributed by atoms with Gasteiger partial charge >= 0.3 is 0 Å². The Morgan fingerprint density at radius 2 is 1.74 bits per heavy atom. The van der Waals surface area contributed by atoms with Crippen molar-refractivity contribution in [3.8, 4) is 0 Å². The molecule has 1 nitrogen and oxygen atoms in total. The van der Waals surface area contributed by atoms with Crippen molar-refractivity contribution in [2.24, 2.45) is 0 Å². The van der Waals surface area contributed by atoms with E-state index in [0.717, 1.165) is 12.0 Å². The van der Waals surface area contributed by atoms with Crippen molar-refractivity contribution in [2.75, 3.05) is 0 Å². The minimum absolute atomic E-state index is 0.166. The fourth-order valence-electron chi connectivity index (χ4n) is 2.34. The van der Waals surface area contributed by atoms with E-state index >= 15 is 0 Å². The monoisotopic (exact) mass is 257 g/mol. The first-order valence-electron chi connectivity index (χ1n) is 6.70. The third kappa shape index (κ3) is 4.18. The van der Waals surface area contributed by atoms with E-state index in [1.807, 2.05) is 24.3 Å². The number of rotatable bonds is 5. The lowest BCUT2D eigenvalue weighted by Gasteiger charge is -2.20. The molecule has 1 unspecified atom stereocenters. The summed E-state index contributed by atoms with van der Waals surface area (Å²) in [5.74, 6) is -0.166. The van der Waals surface area contributed by atoms with Gasteiger partial charge in [-0.15, -0.1) is 0 Å². The maximum absolute atomic E-state index is 13.1. The van der Waals surface area contributed by atoms with E-state index in [0.29, 0.717) is 12.1 Å². The Morgan fingerprint density at radius 3 is 2.42 bits per heavy atom. The molecule has 0 saturated carbocycles. The maximum atomic E-state index is 13.1. The Labute approximate surface area is 114 Å². The fraction of sp³-hybridized carbons (Fsp3) is 0.294. The van der Waals surface area contributed by atoms with Gasteiger partial charge in [-0.3, -0.25) is 0 Å². The Hall–Kier alpha value is -1.67. The van der Waals surface area contributed by atoms with Crippen LogP contribution in [0.1, 0.15) is 31.0 Å². The summed E-state index contributed by atoms with van der Waals surface area (Å²) in [5.41, 5.74) is 2.30. The minimum Gasteiger partial charge on any atom is -0.307 e. The number of nitrogens with one attached hydrogen (secondary N) is 1. The SMILES string of the molecule is CC(Cc1cccc(F)c1)N[C@H](C)c1ccccc1. The number of halogens is 1. The Kier molecular flexibility index (Phi) is 4.69. The van der Waals surface area contributed by atoms with Crippen molar-refractivity contribution in [3.63, 3.8) is 0 Å². The fourth-order valence-corrected chi connectivity index (χ4v) is 2.34. The third-order valence-electron chi connectivity index (χ3n) is 3.27. The predicted molar refractivity (Wildman–Crippen MR) is 77.6 cm³/mol. The van der Waals surface area contributed by atoms with Gasteiger partial charge in [-0.05, 0) is 43.5 Å². The highest BCUT2D eigenvalue weighted by atomic mass is 19.1. The molecule has 0 aliphatic carbocycles. The van der Waals surface area contributed by atoms with E-state index < -0.39 is 0 Å². The zero-order valence-corrected chi connectivity index (χ0v) is 11.4. The lowest BCUT2D eigenvalue weighted by molar-refractivity contribution is 0.476. The molecule has 2 heteroatoms. The van der Waals surface area contributed by atoms with E-state index in [1.54, 1.807) is 12.1 Å². The molecule has 2 rings (SSSR count). The van der Waals surface area contributed by atoms with Gasteiger partial charge in [-0.1, -0.05) is 42.5 Å². The average molecular weight is 257 g/mol. The summed E-state index contributed by atoms with van der Waals surface area (Å²) < 4.78 is 13.1. The van der Waals surface area contributed by atoms with Crippen LogP contribution in [0.4, 0.5) is 4.39 Å². The zero-order valence-electron chi connectivity index (χ0n) is 11.4. The molecule has 19 heavy (non-hydrogen) atoms. The highest BCUT2D eigenvalue weighted by Gasteiger charge is 2.09. The van der Waals surface area contributed by atoms with E-state index in [2.05, 4.69) is 31.3 Å². The highest BCUT2D eigenvalue weighted by Crippen LogP contribution is 2.14. The third-order valence-corrected chi connectivity index (χ3v) is 3.27. The maximum Gasteiger partial charge on any atom is 0.123 e. The van der Waals surface area contributed by atoms with Crippen molar-refractivity contribution in [3.05, 3.63) is 71.5 Å². The van der Waals surface area contributed by atoms with Gasteiger partial charge in [-0.2, -0.15) is 0 Å². The number of hydrogen-bond donors (Lipinski definition) is 1. The van der Waals surface area contributed by atoms with Crippen LogP contribution in [0, 0.1) is 5.82 Å². The van der Waals surface area contributed by atoms with Gasteiger partial charge in [-0.25, -0.2) is 4.39 Å². The highest BCUT2D eigenvalue weighted by molar-refractivity contribution is 5.19. The van der Waals surface area contributed by atoms with Crippen LogP contribution < -0.4 is 5.32 Å². The molecular formula is C17H20FN. The summed E-state index contributed by atoms with van der Waals surface area (Å²) >= 11 is 0. The van der Waals surface area contributed by atoms with Crippen LogP contribution in [-0.4, -0.2) is 6.04 Å². The van der Waals surface area contributed by atoms with Crippen LogP contribution in [0.3, 0.4) is 0 Å². The van der Waals surface area contributed by atoms with Gasteiger partial charge in [0.1, 0.15) is 5.82 Å². The molecule has 0 aliphatic rings. The van der Waals surface area contributed by atoms with Crippen molar-refractivity contribution in [1.29, 1.82) is 0 Å². The lowest BCUT2D eigenvalue weighted by atomic mass is 10.0. The van der Waals surface area contributed by atoms with Crippen LogP contribution in [0.25, 0.3) is 0 Å². The van der Waals surface area contributed by atoms with Crippen molar-refractivity contribution in [2.45, 2.75) is 32.4 Å². The predicted octanol–water partition coefficient (Wildman–Crippen LogP) is 4.11. The number of hydrogen-bond acceptors (Lipinski definition) is 1. The molecule has 1 N–H and O–H groups in total. The first-order valence-corrected chi connectivity index (χ1v) is 6.70. The average Bonchev–Trinajstić information content (AvgIpc) is 2.39. The van der Waals surface area contributed by atoms with Crippen molar-refractivity contribution in [1.82, 2.24) is 5.32 Å². The topological polar surface area (TPSA) is 12.0 Å². The molecule has 0 bridgehead atoms. The summed E-state index contributed by atoms with van der Waals surface area (Å²) in [7, 11) is 0. The molecule has 0 saturated heterocycles. The van der Waals surface area contributed by atoms with Crippen molar-refractivity contribution < 1.29 is 4.39 Å². The Bertz CT molecular complexity index is 510. The quantitative estimate of drug-likeness (QED) is 0.850. The second-order valence-corrected chi connectivity index (χ2v) is 5.03. The molecular weight excluding hydrogens is 237 g/mol. The molecule has 0 heterocycles. The zero-order chi connectivity index (χ0) is 13.7. The second-order valence-electron chi connectivity index (χ2n) is 5.03. The Morgan fingerprint density at radius 1 is 1.00 bits per heavy atom. The molecule has 0 aliphatic heterocycles. The largest absolute Gasteiger partial charge is 0.307 e. The first-order chi connectivity index (χ1) is 9.15. The van der Waals surface area contributed by atoms with Crippen LogP contribution in [0.15, 0.2) is 54.6 Å². The smallest absolute Gasteiger partial charge is 0.123 e. The summed E-state index contributed by atoms with van der Waals surface area (Å²) in [6.07, 6.45) is 0.828. The molecule has 2 aromatic rings. The normalized spacial score (nSPS) is 14.1. The molecule has 0 radical (unpaired) electrons. The van der Waals surface area contributed by atoms with Crippen LogP contribution in [0.5, 0.6) is 0 Å². The van der Waals surface area contributed by atoms with Gasteiger partial charge in [0.2, 0.25) is 0 Å². The van der Waals surface area contributed by atoms with Gasteiger partial charge in [0, 0.05) is 12.1 Å². The van der Waals surface area contributed by atoms with Crippen LogP contribution in [0.2, 0.25) is 0 Å². The van der Waals surface area contributed by atoms with Gasteiger partial charge < -0.3 is 5.32 Å². The molecule has 2 atom stereocenters. The minimum atomic E-state index is -0.166. The van der Waals surface area contributed by atoms with E-state index in [9.17, 15) is 4.39 Å². The van der Waals surface area contributed by atoms with E-state index in [4.69, 9.17) is 0 Å². The number of benzene rings is 2. The molecule has 0 aromatic heterocycles. The summed E-state index contributed by atoms with van der Waals surface area (Å²) in [6.45, 7) is 4.28. The molecule has 100 valence electrons. The van der Waals surface area contributed by atoms with Crippen LogP contribution in [-0.2, 0) is 6.42 Å². The molecule has 2 aromatic carbocycles. The standard InChI is InChI=1S/C17H20FN/c1-13(11-15-7-6-10-17(18)12-15)19-14(2)16-8-4-3-5-9-16/h3-10,12-14,19H,11H2,1-2H3/t13?,14-/m1/s1.